The summed E-state index contributed by atoms with van der Waals surface area (Å²) in [5, 5.41) is 6.38. The molecule has 0 saturated heterocycles. The molecule has 0 unspecified atom stereocenters. The van der Waals surface area contributed by atoms with E-state index >= 15 is 0 Å². The number of guanidine groups is 1. The fourth-order valence-electron chi connectivity index (χ4n) is 2.16. The summed E-state index contributed by atoms with van der Waals surface area (Å²) < 4.78 is 10.5. The first-order chi connectivity index (χ1) is 11.7. The summed E-state index contributed by atoms with van der Waals surface area (Å²) in [5.74, 6) is 1.81. The molecule has 0 aliphatic heterocycles. The predicted octanol–water partition coefficient (Wildman–Crippen LogP) is 2.37. The number of aliphatic imine (C=N–C) groups is 1. The van der Waals surface area contributed by atoms with Crippen LogP contribution in [-0.2, 0) is 19.4 Å². The van der Waals surface area contributed by atoms with E-state index < -0.39 is 0 Å². The van der Waals surface area contributed by atoms with Crippen LogP contribution in [0.25, 0.3) is 0 Å². The number of nitrogens with one attached hydrogen (secondary N) is 1. The van der Waals surface area contributed by atoms with Crippen molar-refractivity contribution in [1.29, 1.82) is 0 Å². The van der Waals surface area contributed by atoms with Crippen molar-refractivity contribution < 1.29 is 9.47 Å². The maximum atomic E-state index is 5.91. The molecule has 0 aliphatic rings. The molecule has 0 radical (unpaired) electrons. The Labute approximate surface area is 146 Å². The van der Waals surface area contributed by atoms with Gasteiger partial charge in [0, 0.05) is 18.3 Å². The quantitative estimate of drug-likeness (QED) is 0.565. The zero-order chi connectivity index (χ0) is 17.4. The minimum absolute atomic E-state index is 0.427. The van der Waals surface area contributed by atoms with Crippen LogP contribution in [0.5, 0.6) is 11.5 Å². The van der Waals surface area contributed by atoms with Gasteiger partial charge in [0.05, 0.1) is 31.5 Å². The van der Waals surface area contributed by atoms with Gasteiger partial charge in [-0.05, 0) is 24.1 Å². The summed E-state index contributed by atoms with van der Waals surface area (Å²) >= 11 is 1.70. The Bertz CT molecular complexity index is 685. The molecule has 6 nitrogen and oxygen atoms in total. The number of ether oxygens (including phenoxy) is 2. The third-order valence-electron chi connectivity index (χ3n) is 3.47. The van der Waals surface area contributed by atoms with Gasteiger partial charge in [-0.1, -0.05) is 13.0 Å². The molecule has 1 aromatic carbocycles. The number of benzene rings is 1. The summed E-state index contributed by atoms with van der Waals surface area (Å²) in [6, 6.07) is 5.71. The van der Waals surface area contributed by atoms with Crippen molar-refractivity contribution in [3.63, 3.8) is 0 Å². The standard InChI is InChI=1S/C17H24N4O2S/c1-4-16-21-13(11-24-16)7-8-19-17(18)20-10-12-5-6-14(22-2)15(9-12)23-3/h5-6,9,11H,4,7-8,10H2,1-3H3,(H3,18,19,20). The molecule has 2 rings (SSSR count). The smallest absolute Gasteiger partial charge is 0.188 e. The summed E-state index contributed by atoms with van der Waals surface area (Å²) in [6.45, 7) is 3.31. The van der Waals surface area contributed by atoms with E-state index in [1.54, 1.807) is 25.6 Å². The van der Waals surface area contributed by atoms with E-state index in [0.29, 0.717) is 30.5 Å². The van der Waals surface area contributed by atoms with E-state index in [4.69, 9.17) is 15.2 Å². The van der Waals surface area contributed by atoms with Crippen LogP contribution < -0.4 is 20.5 Å². The molecule has 130 valence electrons. The molecule has 0 fully saturated rings. The molecule has 0 amide bonds. The van der Waals surface area contributed by atoms with Crippen LogP contribution >= 0.6 is 11.3 Å². The molecule has 2 aromatic rings. The van der Waals surface area contributed by atoms with Crippen molar-refractivity contribution in [2.75, 3.05) is 20.8 Å². The number of aromatic nitrogens is 1. The summed E-state index contributed by atoms with van der Waals surface area (Å²) in [4.78, 5) is 8.87. The number of hydrogen-bond acceptors (Lipinski definition) is 5. The number of hydrogen-bond donors (Lipinski definition) is 2. The lowest BCUT2D eigenvalue weighted by Gasteiger charge is -2.09. The van der Waals surface area contributed by atoms with E-state index in [-0.39, 0.29) is 0 Å². The van der Waals surface area contributed by atoms with Gasteiger partial charge >= 0.3 is 0 Å². The van der Waals surface area contributed by atoms with Gasteiger partial charge in [0.25, 0.3) is 0 Å². The lowest BCUT2D eigenvalue weighted by Crippen LogP contribution is -2.33. The van der Waals surface area contributed by atoms with Gasteiger partial charge in [-0.15, -0.1) is 11.3 Å². The Balaban J connectivity index is 1.82. The third-order valence-corrected chi connectivity index (χ3v) is 4.51. The highest BCUT2D eigenvalue weighted by Gasteiger charge is 2.04. The zero-order valence-corrected chi connectivity index (χ0v) is 15.2. The van der Waals surface area contributed by atoms with E-state index in [1.807, 2.05) is 18.2 Å². The molecule has 0 bridgehead atoms. The molecule has 0 aliphatic carbocycles. The van der Waals surface area contributed by atoms with E-state index in [0.717, 1.165) is 24.1 Å². The highest BCUT2D eigenvalue weighted by Crippen LogP contribution is 2.27. The molecular weight excluding hydrogens is 324 g/mol. The van der Waals surface area contributed by atoms with Gasteiger partial charge in [-0.3, -0.25) is 0 Å². The van der Waals surface area contributed by atoms with Crippen LogP contribution in [0, 0.1) is 0 Å². The number of nitrogens with two attached hydrogens (primary N) is 1. The van der Waals surface area contributed by atoms with Crippen LogP contribution in [0.2, 0.25) is 0 Å². The largest absolute Gasteiger partial charge is 0.493 e. The van der Waals surface area contributed by atoms with Crippen LogP contribution in [-0.4, -0.2) is 31.7 Å². The van der Waals surface area contributed by atoms with Gasteiger partial charge in [0.2, 0.25) is 0 Å². The highest BCUT2D eigenvalue weighted by molar-refractivity contribution is 7.09. The van der Waals surface area contributed by atoms with Gasteiger partial charge < -0.3 is 20.5 Å². The second-order valence-electron chi connectivity index (χ2n) is 5.15. The minimum Gasteiger partial charge on any atom is -0.493 e. The van der Waals surface area contributed by atoms with Gasteiger partial charge in [-0.2, -0.15) is 0 Å². The lowest BCUT2D eigenvalue weighted by molar-refractivity contribution is 0.354. The maximum absolute atomic E-state index is 5.91. The lowest BCUT2D eigenvalue weighted by atomic mass is 10.2. The van der Waals surface area contributed by atoms with Crippen LogP contribution in [0.15, 0.2) is 28.6 Å². The second-order valence-corrected chi connectivity index (χ2v) is 6.10. The molecule has 0 saturated carbocycles. The topological polar surface area (TPSA) is 81.8 Å². The molecule has 0 atom stereocenters. The van der Waals surface area contributed by atoms with Crippen molar-refractivity contribution in [2.45, 2.75) is 26.3 Å². The molecule has 3 N–H and O–H groups in total. The molecule has 0 spiro atoms. The normalized spacial score (nSPS) is 11.4. The van der Waals surface area contributed by atoms with Gasteiger partial charge in [0.15, 0.2) is 17.5 Å². The second kappa shape index (κ2) is 9.12. The molecular formula is C17H24N4O2S. The average molecular weight is 348 g/mol. The fourth-order valence-corrected chi connectivity index (χ4v) is 2.94. The minimum atomic E-state index is 0.427. The monoisotopic (exact) mass is 348 g/mol. The van der Waals surface area contributed by atoms with E-state index in [1.165, 1.54) is 5.01 Å². The molecule has 7 heteroatoms. The first kappa shape index (κ1) is 18.1. The number of thiazole rings is 1. The van der Waals surface area contributed by atoms with Crippen molar-refractivity contribution in [3.05, 3.63) is 39.8 Å². The predicted molar refractivity (Wildman–Crippen MR) is 98.1 cm³/mol. The summed E-state index contributed by atoms with van der Waals surface area (Å²) in [5.41, 5.74) is 8.01. The molecule has 1 aromatic heterocycles. The number of methoxy groups -OCH3 is 2. The fraction of sp³-hybridized carbons (Fsp3) is 0.412. The zero-order valence-electron chi connectivity index (χ0n) is 14.3. The average Bonchev–Trinajstić information content (AvgIpc) is 3.07. The summed E-state index contributed by atoms with van der Waals surface area (Å²) in [6.07, 6.45) is 1.82. The van der Waals surface area contributed by atoms with Gasteiger partial charge in [0.1, 0.15) is 0 Å². The highest BCUT2D eigenvalue weighted by atomic mass is 32.1. The Morgan fingerprint density at radius 2 is 2.08 bits per heavy atom. The van der Waals surface area contributed by atoms with Crippen molar-refractivity contribution in [3.8, 4) is 11.5 Å². The van der Waals surface area contributed by atoms with E-state index in [9.17, 15) is 0 Å². The number of rotatable bonds is 8. The van der Waals surface area contributed by atoms with E-state index in [2.05, 4.69) is 27.6 Å². The summed E-state index contributed by atoms with van der Waals surface area (Å²) in [7, 11) is 3.23. The number of nitrogens with zero attached hydrogens (tertiary/aromatic N) is 2. The third kappa shape index (κ3) is 5.13. The molecule has 24 heavy (non-hydrogen) atoms. The Morgan fingerprint density at radius 1 is 1.29 bits per heavy atom. The first-order valence-corrected chi connectivity index (χ1v) is 8.72. The van der Waals surface area contributed by atoms with Gasteiger partial charge in [-0.25, -0.2) is 9.98 Å². The Kier molecular flexibility index (Phi) is 6.87. The first-order valence-electron chi connectivity index (χ1n) is 7.84. The van der Waals surface area contributed by atoms with Crippen LogP contribution in [0.4, 0.5) is 0 Å². The van der Waals surface area contributed by atoms with Crippen molar-refractivity contribution >= 4 is 17.3 Å². The maximum Gasteiger partial charge on any atom is 0.188 e. The SMILES string of the molecule is CCc1nc(CCNC(N)=NCc2ccc(OC)c(OC)c2)cs1. The Hall–Kier alpha value is -2.28. The van der Waals surface area contributed by atoms with Crippen LogP contribution in [0.1, 0.15) is 23.2 Å². The number of aryl methyl sites for hydroxylation is 1. The Morgan fingerprint density at radius 3 is 2.75 bits per heavy atom. The van der Waals surface area contributed by atoms with Crippen molar-refractivity contribution in [2.24, 2.45) is 10.7 Å². The molecule has 1 heterocycles. The van der Waals surface area contributed by atoms with Crippen LogP contribution in [0.3, 0.4) is 0 Å². The van der Waals surface area contributed by atoms with Crippen molar-refractivity contribution in [1.82, 2.24) is 10.3 Å².